The van der Waals surface area contributed by atoms with Crippen LogP contribution < -0.4 is 22.9 Å². The monoisotopic (exact) mass is 428 g/mol. The molecule has 0 unspecified atom stereocenters. The first kappa shape index (κ1) is 20.5. The van der Waals surface area contributed by atoms with E-state index < -0.39 is 0 Å². The number of pyridine rings is 1. The first-order valence-electron chi connectivity index (χ1n) is 8.67. The number of fused-ring (bicyclic) bond motifs is 1. The highest BCUT2D eigenvalue weighted by atomic mass is 79.9. The van der Waals surface area contributed by atoms with Gasteiger partial charge in [0.25, 0.3) is 0 Å². The molecular formula is C20H25BrN6. The molecule has 8 N–H and O–H groups in total. The van der Waals surface area contributed by atoms with E-state index in [1.165, 1.54) is 0 Å². The minimum absolute atomic E-state index is 0.380. The number of nitrogens with zero attached hydrogens (tertiary/aromatic N) is 2. The van der Waals surface area contributed by atoms with Crippen molar-refractivity contribution < 1.29 is 0 Å². The molecule has 0 bridgehead atoms. The number of amidine groups is 1. The van der Waals surface area contributed by atoms with Gasteiger partial charge in [0.15, 0.2) is 0 Å². The van der Waals surface area contributed by atoms with E-state index in [-0.39, 0.29) is 0 Å². The normalized spacial score (nSPS) is 11.1. The second kappa shape index (κ2) is 9.78. The van der Waals surface area contributed by atoms with Crippen molar-refractivity contribution in [2.45, 2.75) is 19.8 Å². The van der Waals surface area contributed by atoms with E-state index in [0.717, 1.165) is 45.9 Å². The Hall–Kier alpha value is -2.80. The molecule has 2 aromatic carbocycles. The summed E-state index contributed by atoms with van der Waals surface area (Å²) >= 11 is 3.37. The van der Waals surface area contributed by atoms with Gasteiger partial charge >= 0.3 is 0 Å². The fraction of sp³-hybridized carbons (Fsp3) is 0.200. The number of unbranched alkanes of at least 4 members (excludes halogenated alkanes) is 1. The number of nitrogen functional groups attached to an aromatic ring is 3. The van der Waals surface area contributed by atoms with E-state index >= 15 is 0 Å². The van der Waals surface area contributed by atoms with Crippen LogP contribution in [0.1, 0.15) is 25.3 Å². The number of nitrogens with two attached hydrogens (primary N) is 4. The molecule has 1 heterocycles. The number of aliphatic imine (C=N–C) groups is 1. The molecule has 0 saturated carbocycles. The maximum Gasteiger partial charge on any atom is 0.147 e. The van der Waals surface area contributed by atoms with Crippen LogP contribution >= 0.6 is 15.9 Å². The van der Waals surface area contributed by atoms with E-state index in [0.29, 0.717) is 17.3 Å². The molecule has 0 aliphatic heterocycles. The summed E-state index contributed by atoms with van der Waals surface area (Å²) in [6, 6.07) is 13.3. The fourth-order valence-corrected chi connectivity index (χ4v) is 2.68. The lowest BCUT2D eigenvalue weighted by Gasteiger charge is -2.04. The molecule has 6 nitrogen and oxygen atoms in total. The van der Waals surface area contributed by atoms with E-state index in [2.05, 4.69) is 32.8 Å². The van der Waals surface area contributed by atoms with Gasteiger partial charge in [0.2, 0.25) is 0 Å². The molecule has 3 aromatic rings. The van der Waals surface area contributed by atoms with Crippen molar-refractivity contribution in [3.05, 3.63) is 58.7 Å². The van der Waals surface area contributed by atoms with Gasteiger partial charge in [-0.25, -0.2) is 4.98 Å². The van der Waals surface area contributed by atoms with E-state index in [1.807, 2.05) is 42.5 Å². The first-order valence-corrected chi connectivity index (χ1v) is 9.46. The van der Waals surface area contributed by atoms with Crippen LogP contribution in [0.4, 0.5) is 17.2 Å². The summed E-state index contributed by atoms with van der Waals surface area (Å²) in [6.07, 6.45) is 3.93. The Morgan fingerprint density at radius 1 is 1.07 bits per heavy atom. The largest absolute Gasteiger partial charge is 0.399 e. The Labute approximate surface area is 167 Å². The number of hydrogen-bond acceptors (Lipinski definition) is 5. The van der Waals surface area contributed by atoms with Crippen LogP contribution in [0, 0.1) is 0 Å². The zero-order chi connectivity index (χ0) is 19.8. The maximum absolute atomic E-state index is 5.80. The van der Waals surface area contributed by atoms with Gasteiger partial charge in [-0.05, 0) is 42.8 Å². The van der Waals surface area contributed by atoms with Crippen LogP contribution in [0.2, 0.25) is 0 Å². The third kappa shape index (κ3) is 5.86. The van der Waals surface area contributed by atoms with Crippen molar-refractivity contribution in [1.82, 2.24) is 4.98 Å². The van der Waals surface area contributed by atoms with Gasteiger partial charge in [0.05, 0.1) is 5.69 Å². The zero-order valence-electron chi connectivity index (χ0n) is 15.3. The van der Waals surface area contributed by atoms with Crippen molar-refractivity contribution in [3.63, 3.8) is 0 Å². The van der Waals surface area contributed by atoms with Crippen LogP contribution in [0.3, 0.4) is 0 Å². The smallest absolute Gasteiger partial charge is 0.147 e. The van der Waals surface area contributed by atoms with Gasteiger partial charge in [-0.3, -0.25) is 4.99 Å². The molecule has 0 radical (unpaired) electrons. The summed E-state index contributed by atoms with van der Waals surface area (Å²) < 4.78 is 0.984. The summed E-state index contributed by atoms with van der Waals surface area (Å²) in [5.41, 5.74) is 25.0. The summed E-state index contributed by atoms with van der Waals surface area (Å²) in [4.78, 5) is 8.24. The van der Waals surface area contributed by atoms with Gasteiger partial charge in [-0.1, -0.05) is 35.3 Å². The van der Waals surface area contributed by atoms with Crippen LogP contribution in [0.25, 0.3) is 10.8 Å². The molecule has 0 saturated heterocycles. The second-order valence-electron chi connectivity index (χ2n) is 6.03. The predicted molar refractivity (Wildman–Crippen MR) is 120 cm³/mol. The molecule has 0 aliphatic rings. The van der Waals surface area contributed by atoms with Crippen molar-refractivity contribution in [2.75, 3.05) is 23.7 Å². The van der Waals surface area contributed by atoms with E-state index in [9.17, 15) is 0 Å². The van der Waals surface area contributed by atoms with Crippen LogP contribution in [-0.4, -0.2) is 17.4 Å². The lowest BCUT2D eigenvalue weighted by molar-refractivity contribution is 0.807. The second-order valence-corrected chi connectivity index (χ2v) is 6.95. The summed E-state index contributed by atoms with van der Waals surface area (Å²) in [5, 5.41) is 1.93. The van der Waals surface area contributed by atoms with E-state index in [1.54, 1.807) is 6.20 Å². The molecule has 142 valence electrons. The molecule has 0 fully saturated rings. The Bertz CT molecular complexity index is 916. The fourth-order valence-electron chi connectivity index (χ4n) is 2.32. The van der Waals surface area contributed by atoms with Crippen LogP contribution in [0.15, 0.2) is 58.1 Å². The highest BCUT2D eigenvalue weighted by Gasteiger charge is 2.02. The summed E-state index contributed by atoms with van der Waals surface area (Å²) in [7, 11) is 0. The van der Waals surface area contributed by atoms with Gasteiger partial charge in [-0.2, -0.15) is 0 Å². The van der Waals surface area contributed by atoms with Crippen molar-refractivity contribution in [1.29, 1.82) is 0 Å². The topological polar surface area (TPSA) is 129 Å². The predicted octanol–water partition coefficient (Wildman–Crippen LogP) is 3.94. The number of hydrogen-bond donors (Lipinski definition) is 4. The highest BCUT2D eigenvalue weighted by molar-refractivity contribution is 9.10. The molecule has 3 rings (SSSR count). The highest BCUT2D eigenvalue weighted by Crippen LogP contribution is 2.27. The Morgan fingerprint density at radius 2 is 1.78 bits per heavy atom. The lowest BCUT2D eigenvalue weighted by atomic mass is 10.1. The Morgan fingerprint density at radius 3 is 2.44 bits per heavy atom. The average Bonchev–Trinajstić information content (AvgIpc) is 2.66. The molecule has 1 aromatic heterocycles. The average molecular weight is 429 g/mol. The summed E-state index contributed by atoms with van der Waals surface area (Å²) in [5.74, 6) is 0.976. The van der Waals surface area contributed by atoms with Crippen LogP contribution in [0.5, 0.6) is 0 Å². The van der Waals surface area contributed by atoms with E-state index in [4.69, 9.17) is 22.9 Å². The minimum atomic E-state index is 0.380. The molecule has 0 amide bonds. The number of anilines is 3. The maximum atomic E-state index is 5.80. The standard InChI is InChI=1S/C11H17N3.C9H8BrN3/c1-2-3-8-14-11(13)9-4-6-10(12)7-5-9;10-6-2-1-5-4-13-9(12)8(11)7(5)3-6/h4-7H,2-3,8,12H2,1H3,(H2,13,14);1-4H,11H2,(H2,12,13). The number of aromatic nitrogens is 1. The van der Waals surface area contributed by atoms with Crippen molar-refractivity contribution >= 4 is 49.7 Å². The Balaban J connectivity index is 0.000000194. The number of halogens is 1. The number of benzene rings is 2. The van der Waals surface area contributed by atoms with Crippen LogP contribution in [-0.2, 0) is 0 Å². The SMILES string of the molecule is CCCCN=C(N)c1ccc(N)cc1.Nc1ncc2ccc(Br)cc2c1N. The third-order valence-corrected chi connectivity index (χ3v) is 4.42. The number of rotatable bonds is 4. The minimum Gasteiger partial charge on any atom is -0.399 e. The van der Waals surface area contributed by atoms with Gasteiger partial charge in [0.1, 0.15) is 11.7 Å². The first-order chi connectivity index (χ1) is 12.9. The van der Waals surface area contributed by atoms with Crippen molar-refractivity contribution in [2.24, 2.45) is 10.7 Å². The molecule has 27 heavy (non-hydrogen) atoms. The summed E-state index contributed by atoms with van der Waals surface area (Å²) in [6.45, 7) is 2.93. The molecule has 7 heteroatoms. The molecule has 0 aliphatic carbocycles. The van der Waals surface area contributed by atoms with Gasteiger partial charge < -0.3 is 22.9 Å². The van der Waals surface area contributed by atoms with Gasteiger partial charge in [0, 0.05) is 39.2 Å². The van der Waals surface area contributed by atoms with Crippen molar-refractivity contribution in [3.8, 4) is 0 Å². The molecule has 0 atom stereocenters. The molecule has 0 spiro atoms. The lowest BCUT2D eigenvalue weighted by Crippen LogP contribution is -2.13. The Kier molecular flexibility index (Phi) is 7.43. The quantitative estimate of drug-likeness (QED) is 0.216. The van der Waals surface area contributed by atoms with Gasteiger partial charge in [-0.15, -0.1) is 0 Å². The zero-order valence-corrected chi connectivity index (χ0v) is 16.9. The molecular weight excluding hydrogens is 404 g/mol. The third-order valence-electron chi connectivity index (χ3n) is 3.92.